The van der Waals surface area contributed by atoms with Gasteiger partial charge in [-0.1, -0.05) is 6.07 Å². The molecule has 0 amide bonds. The average Bonchev–Trinajstić information content (AvgIpc) is 2.86. The fourth-order valence-electron chi connectivity index (χ4n) is 4.78. The Bertz CT molecular complexity index is 950. The number of ether oxygens (including phenoxy) is 2. The van der Waals surface area contributed by atoms with Gasteiger partial charge in [-0.15, -0.1) is 0 Å². The molecule has 2 aliphatic heterocycles. The van der Waals surface area contributed by atoms with Crippen LogP contribution in [0.5, 0.6) is 11.5 Å². The quantitative estimate of drug-likeness (QED) is 0.795. The molecule has 1 spiro atoms. The molecule has 22 heavy (non-hydrogen) atoms. The lowest BCUT2D eigenvalue weighted by Crippen LogP contribution is -2.65. The van der Waals surface area contributed by atoms with E-state index in [-0.39, 0.29) is 24.3 Å². The van der Waals surface area contributed by atoms with Crippen LogP contribution in [0, 0.1) is 5.92 Å². The predicted molar refractivity (Wildman–Crippen MR) is 81.6 cm³/mol. The maximum absolute atomic E-state index is 13.2. The molecule has 2 bridgehead atoms. The maximum Gasteiger partial charge on any atom is 0.174 e. The third kappa shape index (κ3) is 1.27. The van der Waals surface area contributed by atoms with Crippen LogP contribution in [-0.2, 0) is 16.6 Å². The van der Waals surface area contributed by atoms with Gasteiger partial charge in [0.25, 0.3) is 0 Å². The van der Waals surface area contributed by atoms with E-state index in [1.165, 1.54) is 6.07 Å². The second-order valence-electron chi connectivity index (χ2n) is 6.53. The fraction of sp³-hybridized carbons (Fsp3) is 0.611. The molecule has 4 atom stereocenters. The molecule has 2 heterocycles. The van der Waals surface area contributed by atoms with Crippen LogP contribution < -0.4 is 9.47 Å². The van der Waals surface area contributed by atoms with Crippen molar-refractivity contribution < 1.29 is 23.9 Å². The monoisotopic (exact) mass is 306 g/mol. The van der Waals surface area contributed by atoms with Crippen LogP contribution in [0.25, 0.3) is 0 Å². The van der Waals surface area contributed by atoms with Crippen molar-refractivity contribution in [2.75, 3.05) is 20.6 Å². The van der Waals surface area contributed by atoms with Crippen LogP contribution in [0.2, 0.25) is 0 Å². The molecule has 5 rings (SSSR count). The number of methoxy groups -OCH3 is 1. The zero-order chi connectivity index (χ0) is 21.2. The summed E-state index contributed by atoms with van der Waals surface area (Å²) < 4.78 is 68.2. The number of hydrogen-bond acceptors (Lipinski definition) is 4. The molecule has 116 valence electrons. The van der Waals surface area contributed by atoms with E-state index in [0.29, 0.717) is 18.5 Å². The summed E-state index contributed by atoms with van der Waals surface area (Å²) in [6, 6.07) is 1.93. The summed E-state index contributed by atoms with van der Waals surface area (Å²) in [6.07, 6.45) is -4.13. The second-order valence-corrected chi connectivity index (χ2v) is 6.53. The number of Topliss-reactive ketones (excluding diaryl/α,β-unsaturated/α-hetero) is 1. The Morgan fingerprint density at radius 2 is 2.50 bits per heavy atom. The highest BCUT2D eigenvalue weighted by molar-refractivity contribution is 5.89. The van der Waals surface area contributed by atoms with Gasteiger partial charge in [0.15, 0.2) is 23.4 Å². The molecule has 1 aromatic rings. The van der Waals surface area contributed by atoms with E-state index in [1.54, 1.807) is 6.07 Å². The van der Waals surface area contributed by atoms with E-state index < -0.39 is 42.6 Å². The van der Waals surface area contributed by atoms with Crippen molar-refractivity contribution in [1.29, 1.82) is 0 Å². The summed E-state index contributed by atoms with van der Waals surface area (Å²) in [5.41, 5.74) is 0.0696. The van der Waals surface area contributed by atoms with Crippen molar-refractivity contribution in [2.24, 2.45) is 5.92 Å². The third-order valence-electron chi connectivity index (χ3n) is 5.75. The van der Waals surface area contributed by atoms with Crippen LogP contribution in [0.4, 0.5) is 0 Å². The summed E-state index contributed by atoms with van der Waals surface area (Å²) >= 11 is 0. The number of carbonyl (C=O) groups is 1. The molecular formula is C18H21NO3. The Kier molecular flexibility index (Phi) is 1.44. The maximum atomic E-state index is 13.2. The van der Waals surface area contributed by atoms with Crippen molar-refractivity contribution in [3.8, 4) is 11.5 Å². The average molecular weight is 306 g/mol. The molecule has 4 heteroatoms. The van der Waals surface area contributed by atoms with Gasteiger partial charge in [0, 0.05) is 27.5 Å². The minimum absolute atomic E-state index is 0.0382. The largest absolute Gasteiger partial charge is 0.493 e. The zero-order valence-electron chi connectivity index (χ0n) is 19.2. The lowest BCUT2D eigenvalue weighted by molar-refractivity contribution is -0.138. The van der Waals surface area contributed by atoms with Crippen LogP contribution >= 0.6 is 0 Å². The summed E-state index contributed by atoms with van der Waals surface area (Å²) in [7, 11) is -0.932. The van der Waals surface area contributed by atoms with Gasteiger partial charge in [-0.3, -0.25) is 4.79 Å². The number of ketones is 1. The van der Waals surface area contributed by atoms with Gasteiger partial charge < -0.3 is 14.4 Å². The number of piperidine rings is 1. The van der Waals surface area contributed by atoms with E-state index in [0.717, 1.165) is 5.56 Å². The minimum Gasteiger partial charge on any atom is -0.493 e. The number of rotatable bonds is 1. The third-order valence-corrected chi connectivity index (χ3v) is 5.75. The van der Waals surface area contributed by atoms with Crippen LogP contribution in [0.3, 0.4) is 0 Å². The molecule has 0 N–H and O–H groups in total. The van der Waals surface area contributed by atoms with Crippen LogP contribution in [0.1, 0.15) is 39.9 Å². The summed E-state index contributed by atoms with van der Waals surface area (Å²) in [5.74, 6) is -1.67. The number of carbonyl (C=O) groups excluding carboxylic acids is 1. The standard InChI is InChI=1S/C18H21NO3/c1-19-8-7-18-11-4-5-13(20)17(18)22-16-14(21-2)6-3-10(15(16)18)9-12(11)19/h3,6,11-12,17H,4-5,7-9H2,1-2H3/t11-,12+,17?,18-/m0/s1/i2D3,5D2,12D,17D. The number of nitrogens with zero attached hydrogens (tertiary/aromatic N) is 1. The SMILES string of the molecule is [2H]C([2H])([2H])Oc1ccc2c3c1OC1([2H])C(=O)C([2H])([2H])C[C@H]4[C@@]([2H])(C2)N(C)CC[C@@]341. The lowest BCUT2D eigenvalue weighted by atomic mass is 9.52. The molecule has 4 nitrogen and oxygen atoms in total. The van der Waals surface area contributed by atoms with E-state index >= 15 is 0 Å². The van der Waals surface area contributed by atoms with E-state index in [2.05, 4.69) is 0 Å². The first kappa shape index (κ1) is 7.82. The van der Waals surface area contributed by atoms with Gasteiger partial charge in [-0.05, 0) is 50.4 Å². The van der Waals surface area contributed by atoms with Gasteiger partial charge in [-0.2, -0.15) is 0 Å². The predicted octanol–water partition coefficient (Wildman–Crippen LogP) is 1.93. The van der Waals surface area contributed by atoms with E-state index in [1.807, 2.05) is 11.9 Å². The number of likely N-dealkylation sites (N-methyl/N-ethyl adjacent to an activating group) is 1. The highest BCUT2D eigenvalue weighted by Crippen LogP contribution is 2.62. The summed E-state index contributed by atoms with van der Waals surface area (Å²) in [6.45, 7) is 0.448. The van der Waals surface area contributed by atoms with Crippen molar-refractivity contribution >= 4 is 5.78 Å². The Morgan fingerprint density at radius 3 is 3.36 bits per heavy atom. The Labute approximate surface area is 140 Å². The van der Waals surface area contributed by atoms with Crippen LogP contribution in [-0.4, -0.2) is 43.4 Å². The molecule has 1 unspecified atom stereocenters. The molecule has 1 saturated carbocycles. The highest BCUT2D eigenvalue weighted by Gasteiger charge is 2.65. The topological polar surface area (TPSA) is 38.8 Å². The summed E-state index contributed by atoms with van der Waals surface area (Å²) in [4.78, 5) is 15.0. The normalized spacial score (nSPS) is 52.7. The van der Waals surface area contributed by atoms with Crippen molar-refractivity contribution in [1.82, 2.24) is 4.90 Å². The first-order chi connectivity index (χ1) is 13.3. The van der Waals surface area contributed by atoms with Crippen molar-refractivity contribution in [3.63, 3.8) is 0 Å². The first-order valence-corrected chi connectivity index (χ1v) is 7.57. The van der Waals surface area contributed by atoms with Gasteiger partial charge in [-0.25, -0.2) is 0 Å². The molecule has 1 saturated heterocycles. The number of hydrogen-bond donors (Lipinski definition) is 0. The highest BCUT2D eigenvalue weighted by atomic mass is 16.5. The van der Waals surface area contributed by atoms with Crippen molar-refractivity contribution in [3.05, 3.63) is 23.3 Å². The Hall–Kier alpha value is -1.55. The molecule has 4 aliphatic rings. The van der Waals surface area contributed by atoms with Crippen molar-refractivity contribution in [2.45, 2.75) is 43.1 Å². The van der Waals surface area contributed by atoms with Gasteiger partial charge >= 0.3 is 0 Å². The smallest absolute Gasteiger partial charge is 0.174 e. The Balaban J connectivity index is 1.83. The summed E-state index contributed by atoms with van der Waals surface area (Å²) in [5, 5.41) is 0. The number of likely N-dealkylation sites (tertiary alicyclic amines) is 1. The van der Waals surface area contributed by atoms with Gasteiger partial charge in [0.1, 0.15) is 0 Å². The molecule has 0 radical (unpaired) electrons. The van der Waals surface area contributed by atoms with E-state index in [9.17, 15) is 6.17 Å². The minimum atomic E-state index is -2.74. The number of benzene rings is 1. The molecule has 2 fully saturated rings. The Morgan fingerprint density at radius 1 is 1.59 bits per heavy atom. The molecular weight excluding hydrogens is 278 g/mol. The van der Waals surface area contributed by atoms with Gasteiger partial charge in [0.2, 0.25) is 0 Å². The van der Waals surface area contributed by atoms with E-state index in [4.69, 9.17) is 17.7 Å². The zero-order valence-corrected chi connectivity index (χ0v) is 12.2. The lowest BCUT2D eigenvalue weighted by Gasteiger charge is -2.57. The molecule has 1 aromatic carbocycles. The van der Waals surface area contributed by atoms with Crippen LogP contribution in [0.15, 0.2) is 12.1 Å². The van der Waals surface area contributed by atoms with Gasteiger partial charge in [0.05, 0.1) is 12.5 Å². The molecule has 2 aliphatic carbocycles. The second kappa shape index (κ2) is 4.05. The first-order valence-electron chi connectivity index (χ1n) is 11.1. The fourth-order valence-corrected chi connectivity index (χ4v) is 4.78. The molecule has 0 aromatic heterocycles.